The van der Waals surface area contributed by atoms with Crippen LogP contribution in [0.3, 0.4) is 0 Å². The van der Waals surface area contributed by atoms with E-state index in [1.807, 2.05) is 13.0 Å². The molecule has 10 heteroatoms. The molecule has 2 heterocycles. The maximum Gasteiger partial charge on any atom is 0.493 e. The highest BCUT2D eigenvalue weighted by molar-refractivity contribution is 5.78. The first-order valence-corrected chi connectivity index (χ1v) is 8.64. The van der Waals surface area contributed by atoms with Gasteiger partial charge in [0, 0.05) is 13.0 Å². The molecule has 0 spiro atoms. The molecule has 1 aromatic heterocycles. The van der Waals surface area contributed by atoms with Crippen molar-refractivity contribution >= 4 is 11.9 Å². The van der Waals surface area contributed by atoms with Crippen molar-refractivity contribution in [2.75, 3.05) is 13.2 Å². The number of rotatable bonds is 5. The van der Waals surface area contributed by atoms with Crippen molar-refractivity contribution < 1.29 is 32.3 Å². The number of imidazole rings is 1. The molecule has 1 amide bonds. The summed E-state index contributed by atoms with van der Waals surface area (Å²) in [6.07, 6.45) is -3.39. The lowest BCUT2D eigenvalue weighted by molar-refractivity contribution is -0.200. The van der Waals surface area contributed by atoms with Gasteiger partial charge in [0.25, 0.3) is 5.91 Å². The normalized spacial score (nSPS) is 16.4. The van der Waals surface area contributed by atoms with E-state index in [0.717, 1.165) is 11.1 Å². The number of alkyl halides is 3. The topological polar surface area (TPSA) is 73.7 Å². The van der Waals surface area contributed by atoms with Gasteiger partial charge in [0.1, 0.15) is 12.1 Å². The first kappa shape index (κ1) is 19.7. The third-order valence-corrected chi connectivity index (χ3v) is 4.37. The molecule has 1 aliphatic rings. The molecule has 3 rings (SSSR count). The van der Waals surface area contributed by atoms with Crippen molar-refractivity contribution in [3.05, 3.63) is 48.0 Å². The maximum atomic E-state index is 12.6. The quantitative estimate of drug-likeness (QED) is 0.774. The maximum absolute atomic E-state index is 12.6. The van der Waals surface area contributed by atoms with Crippen LogP contribution < -0.4 is 9.57 Å². The number of amides is 1. The summed E-state index contributed by atoms with van der Waals surface area (Å²) in [5.74, 6) is -2.02. The van der Waals surface area contributed by atoms with E-state index in [2.05, 4.69) is 9.82 Å². The Labute approximate surface area is 158 Å². The van der Waals surface area contributed by atoms with E-state index < -0.39 is 18.2 Å². The highest BCUT2D eigenvalue weighted by Crippen LogP contribution is 2.31. The number of para-hydroxylation sites is 1. The second kappa shape index (κ2) is 7.91. The summed E-state index contributed by atoms with van der Waals surface area (Å²) in [6, 6.07) is 8.43. The van der Waals surface area contributed by atoms with Gasteiger partial charge >= 0.3 is 12.1 Å². The number of carbonyl (C=O) groups is 2. The molecule has 1 aliphatic heterocycles. The minimum Gasteiger partial charge on any atom is -0.484 e. The Bertz CT molecular complexity index is 852. The Morgan fingerprint density at radius 3 is 2.61 bits per heavy atom. The van der Waals surface area contributed by atoms with E-state index in [-0.39, 0.29) is 25.5 Å². The fourth-order valence-electron chi connectivity index (χ4n) is 3.09. The van der Waals surface area contributed by atoms with Gasteiger partial charge in [-0.2, -0.15) is 17.9 Å². The van der Waals surface area contributed by atoms with Crippen LogP contribution in [0, 0.1) is 0 Å². The van der Waals surface area contributed by atoms with Gasteiger partial charge in [-0.25, -0.2) is 9.78 Å². The van der Waals surface area contributed by atoms with Gasteiger partial charge in [0.15, 0.2) is 6.61 Å². The van der Waals surface area contributed by atoms with E-state index in [0.29, 0.717) is 23.6 Å². The van der Waals surface area contributed by atoms with Gasteiger partial charge in [-0.3, -0.25) is 4.79 Å². The van der Waals surface area contributed by atoms with Crippen molar-refractivity contribution in [3.8, 4) is 5.75 Å². The summed E-state index contributed by atoms with van der Waals surface area (Å²) in [5.41, 5.74) is 0.759. The Morgan fingerprint density at radius 1 is 1.25 bits per heavy atom. The van der Waals surface area contributed by atoms with Crippen LogP contribution in [0.2, 0.25) is 0 Å². The van der Waals surface area contributed by atoms with Gasteiger partial charge in [-0.1, -0.05) is 25.1 Å². The summed E-state index contributed by atoms with van der Waals surface area (Å²) in [6.45, 7) is 1.91. The molecule has 1 aromatic carbocycles. The van der Waals surface area contributed by atoms with Crippen LogP contribution in [0.5, 0.6) is 5.75 Å². The lowest BCUT2D eigenvalue weighted by atomic mass is 10.0. The molecule has 0 N–H and O–H groups in total. The van der Waals surface area contributed by atoms with E-state index in [9.17, 15) is 22.8 Å². The van der Waals surface area contributed by atoms with Crippen molar-refractivity contribution in [2.24, 2.45) is 0 Å². The van der Waals surface area contributed by atoms with E-state index >= 15 is 0 Å². The second-order valence-corrected chi connectivity index (χ2v) is 6.14. The van der Waals surface area contributed by atoms with Crippen molar-refractivity contribution in [2.45, 2.75) is 32.0 Å². The second-order valence-electron chi connectivity index (χ2n) is 6.14. The average molecular weight is 397 g/mol. The Kier molecular flexibility index (Phi) is 5.57. The number of benzene rings is 1. The number of fused-ring (bicyclic) bond motifs is 1. The zero-order valence-electron chi connectivity index (χ0n) is 15.0. The minimum atomic E-state index is -5.10. The molecule has 0 fully saturated rings. The smallest absolute Gasteiger partial charge is 0.484 e. The fraction of sp³-hybridized carbons (Fsp3) is 0.389. The van der Waals surface area contributed by atoms with Crippen LogP contribution >= 0.6 is 0 Å². The number of aromatic nitrogens is 2. The van der Waals surface area contributed by atoms with Gasteiger partial charge in [-0.15, -0.1) is 0 Å². The molecule has 0 radical (unpaired) electrons. The van der Waals surface area contributed by atoms with Crippen LogP contribution in [-0.4, -0.2) is 45.8 Å². The average Bonchev–Trinajstić information content (AvgIpc) is 3.08. The number of carbonyl (C=O) groups excluding carboxylic acids is 2. The predicted molar refractivity (Wildman–Crippen MR) is 90.3 cm³/mol. The zero-order chi connectivity index (χ0) is 20.3. The van der Waals surface area contributed by atoms with E-state index in [4.69, 9.17) is 4.74 Å². The number of ether oxygens (including phenoxy) is 1. The predicted octanol–water partition coefficient (Wildman–Crippen LogP) is 2.32. The Hall–Kier alpha value is -3.04. The number of hydrogen-bond acceptors (Lipinski definition) is 5. The lowest BCUT2D eigenvalue weighted by Gasteiger charge is -2.34. The largest absolute Gasteiger partial charge is 0.493 e. The highest BCUT2D eigenvalue weighted by atomic mass is 19.4. The highest BCUT2D eigenvalue weighted by Gasteiger charge is 2.43. The number of nitrogens with zero attached hydrogens (tertiary/aromatic N) is 3. The summed E-state index contributed by atoms with van der Waals surface area (Å²) >= 11 is 0. The number of hydrogen-bond donors (Lipinski definition) is 0. The first-order chi connectivity index (χ1) is 13.3. The van der Waals surface area contributed by atoms with Gasteiger partial charge in [0.2, 0.25) is 0 Å². The third-order valence-electron chi connectivity index (χ3n) is 4.37. The third kappa shape index (κ3) is 4.10. The van der Waals surface area contributed by atoms with E-state index in [1.165, 1.54) is 0 Å². The molecular formula is C18H18F3N3O4. The van der Waals surface area contributed by atoms with Crippen LogP contribution in [0.15, 0.2) is 36.7 Å². The van der Waals surface area contributed by atoms with Gasteiger partial charge in [0.05, 0.1) is 17.4 Å². The van der Waals surface area contributed by atoms with Crippen LogP contribution in [0.1, 0.15) is 30.8 Å². The van der Waals surface area contributed by atoms with E-state index in [1.54, 1.807) is 29.2 Å². The van der Waals surface area contributed by atoms with Crippen molar-refractivity contribution in [1.29, 1.82) is 0 Å². The fourth-order valence-corrected chi connectivity index (χ4v) is 3.09. The van der Waals surface area contributed by atoms with Crippen LogP contribution in [-0.2, 0) is 16.0 Å². The standard InChI is InChI=1S/C18H18F3N3O4/c1-2-13-16-14(24(11-22-16)28-17(26)18(19,20)21)8-9-23(13)15(25)10-27-12-6-4-3-5-7-12/h3-7,11,13H,2,8-10H2,1H3. The monoisotopic (exact) mass is 397 g/mol. The molecule has 150 valence electrons. The molecule has 0 saturated carbocycles. The van der Waals surface area contributed by atoms with Gasteiger partial charge < -0.3 is 14.5 Å². The van der Waals surface area contributed by atoms with Crippen LogP contribution in [0.4, 0.5) is 13.2 Å². The molecule has 28 heavy (non-hydrogen) atoms. The molecule has 7 nitrogen and oxygen atoms in total. The van der Waals surface area contributed by atoms with Crippen molar-refractivity contribution in [3.63, 3.8) is 0 Å². The molecule has 0 bridgehead atoms. The summed E-state index contributed by atoms with van der Waals surface area (Å²) in [5, 5.41) is 0. The Balaban J connectivity index is 1.71. The molecule has 2 aromatic rings. The minimum absolute atomic E-state index is 0.167. The molecule has 1 unspecified atom stereocenters. The summed E-state index contributed by atoms with van der Waals surface area (Å²) in [4.78, 5) is 33.7. The SMILES string of the molecule is CCC1c2ncn(OC(=O)C(F)(F)F)c2CCN1C(=O)COc1ccccc1. The van der Waals surface area contributed by atoms with Crippen LogP contribution in [0.25, 0.3) is 0 Å². The van der Waals surface area contributed by atoms with Gasteiger partial charge in [-0.05, 0) is 18.6 Å². The zero-order valence-corrected chi connectivity index (χ0v) is 15.0. The first-order valence-electron chi connectivity index (χ1n) is 8.64. The molecular weight excluding hydrogens is 379 g/mol. The lowest BCUT2D eigenvalue weighted by Crippen LogP contribution is -2.43. The van der Waals surface area contributed by atoms with Crippen molar-refractivity contribution in [1.82, 2.24) is 14.6 Å². The molecule has 1 atom stereocenters. The summed E-state index contributed by atoms with van der Waals surface area (Å²) in [7, 11) is 0. The summed E-state index contributed by atoms with van der Waals surface area (Å²) < 4.78 is 43.5. The molecule has 0 saturated heterocycles. The Morgan fingerprint density at radius 2 is 1.96 bits per heavy atom. The number of halogens is 3. The molecule has 0 aliphatic carbocycles.